The summed E-state index contributed by atoms with van der Waals surface area (Å²) in [4.78, 5) is 0. The van der Waals surface area contributed by atoms with Crippen LogP contribution < -0.4 is 0 Å². The maximum Gasteiger partial charge on any atom is 0.136 e. The van der Waals surface area contributed by atoms with Crippen LogP contribution in [0.3, 0.4) is 0 Å². The minimum Gasteiger partial charge on any atom is -0.456 e. The summed E-state index contributed by atoms with van der Waals surface area (Å²) in [6, 6.07) is 25.8. The smallest absolute Gasteiger partial charge is 0.136 e. The van der Waals surface area contributed by atoms with Gasteiger partial charge in [-0.05, 0) is 115 Å². The SMILES string of the molecule is [2H]c1c([2H])c([2H])c(-c2c3cc(C)c(C)cc3c(-c3cc(-c4cccc5oc6ccccc6c45)cc4ccccc34)c3c([2H])c([2H])c([2H])c([2H])c23)c([2H])c1[2H]. The quantitative estimate of drug-likeness (QED) is 0.189. The second-order valence-corrected chi connectivity index (χ2v) is 11.5. The molecule has 0 aliphatic rings. The van der Waals surface area contributed by atoms with Crippen molar-refractivity contribution in [2.24, 2.45) is 0 Å². The van der Waals surface area contributed by atoms with Crippen molar-refractivity contribution in [2.45, 2.75) is 13.8 Å². The molecule has 45 heavy (non-hydrogen) atoms. The molecule has 8 aromatic carbocycles. The van der Waals surface area contributed by atoms with E-state index in [0.717, 1.165) is 60.5 Å². The van der Waals surface area contributed by atoms with Gasteiger partial charge in [0.05, 0.1) is 12.3 Å². The van der Waals surface area contributed by atoms with Crippen molar-refractivity contribution < 1.29 is 16.8 Å². The first kappa shape index (κ1) is 18.2. The highest BCUT2D eigenvalue weighted by Crippen LogP contribution is 2.47. The van der Waals surface area contributed by atoms with Crippen molar-refractivity contribution in [2.75, 3.05) is 0 Å². The van der Waals surface area contributed by atoms with E-state index in [0.29, 0.717) is 16.3 Å². The number of aryl methyl sites for hydroxylation is 2. The first-order chi connectivity index (χ1) is 25.9. The lowest BCUT2D eigenvalue weighted by Gasteiger charge is -2.21. The molecule has 0 atom stereocenters. The predicted molar refractivity (Wildman–Crippen MR) is 192 cm³/mol. The van der Waals surface area contributed by atoms with Crippen molar-refractivity contribution in [1.82, 2.24) is 0 Å². The van der Waals surface area contributed by atoms with Crippen molar-refractivity contribution in [3.8, 4) is 33.4 Å². The summed E-state index contributed by atoms with van der Waals surface area (Å²) in [6.45, 7) is 3.89. The zero-order chi connectivity index (χ0) is 37.9. The molecule has 0 radical (unpaired) electrons. The fraction of sp³-hybridized carbons (Fsp3) is 0.0455. The van der Waals surface area contributed by atoms with E-state index in [9.17, 15) is 2.74 Å². The van der Waals surface area contributed by atoms with Crippen LogP contribution in [-0.4, -0.2) is 0 Å². The zero-order valence-corrected chi connectivity index (χ0v) is 24.6. The van der Waals surface area contributed by atoms with Crippen molar-refractivity contribution in [1.29, 1.82) is 0 Å². The molecule has 1 heteroatoms. The lowest BCUT2D eigenvalue weighted by atomic mass is 9.82. The third kappa shape index (κ3) is 3.94. The lowest BCUT2D eigenvalue weighted by molar-refractivity contribution is 0.669. The molecule has 0 amide bonds. The van der Waals surface area contributed by atoms with E-state index in [-0.39, 0.29) is 34.0 Å². The summed E-state index contributed by atoms with van der Waals surface area (Å²) in [6.07, 6.45) is 0. The van der Waals surface area contributed by atoms with Gasteiger partial charge >= 0.3 is 0 Å². The molecule has 9 aromatic rings. The van der Waals surface area contributed by atoms with Crippen LogP contribution in [0.4, 0.5) is 0 Å². The second kappa shape index (κ2) is 9.94. The summed E-state index contributed by atoms with van der Waals surface area (Å²) in [5.41, 5.74) is 6.45. The Morgan fingerprint density at radius 1 is 0.467 bits per heavy atom. The van der Waals surface area contributed by atoms with E-state index in [1.807, 2.05) is 86.6 Å². The Labute approximate surface area is 274 Å². The monoisotopic (exact) mass is 583 g/mol. The Kier molecular flexibility index (Phi) is 4.02. The van der Waals surface area contributed by atoms with Gasteiger partial charge in [0.25, 0.3) is 0 Å². The minimum absolute atomic E-state index is 0.0858. The average molecular weight is 584 g/mol. The number of furan rings is 1. The Balaban J connectivity index is 1.53. The number of fused-ring (bicyclic) bond motifs is 6. The molecule has 9 rings (SSSR count). The molecule has 1 aromatic heterocycles. The van der Waals surface area contributed by atoms with Crippen LogP contribution in [0, 0.1) is 13.8 Å². The number of rotatable bonds is 3. The fourth-order valence-corrected chi connectivity index (χ4v) is 6.79. The average Bonchev–Trinajstić information content (AvgIpc) is 3.57. The van der Waals surface area contributed by atoms with E-state index in [1.54, 1.807) is 0 Å². The Bertz CT molecular complexity index is 3100. The van der Waals surface area contributed by atoms with Crippen LogP contribution in [0.5, 0.6) is 0 Å². The Morgan fingerprint density at radius 2 is 1.11 bits per heavy atom. The molecule has 0 bridgehead atoms. The van der Waals surface area contributed by atoms with Crippen LogP contribution in [0.1, 0.15) is 23.5 Å². The number of para-hydroxylation sites is 1. The molecule has 1 nitrogen and oxygen atoms in total. The van der Waals surface area contributed by atoms with Crippen LogP contribution in [-0.2, 0) is 0 Å². The third-order valence-electron chi connectivity index (χ3n) is 8.95. The van der Waals surface area contributed by atoms with Gasteiger partial charge in [-0.15, -0.1) is 0 Å². The summed E-state index contributed by atoms with van der Waals surface area (Å²) in [5.74, 6) is 0. The van der Waals surface area contributed by atoms with E-state index in [1.165, 1.54) is 0 Å². The summed E-state index contributed by atoms with van der Waals surface area (Å²) < 4.78 is 86.3. The van der Waals surface area contributed by atoms with Crippen molar-refractivity contribution in [3.63, 3.8) is 0 Å². The number of hydrogen-bond donors (Lipinski definition) is 0. The minimum atomic E-state index is -0.545. The summed E-state index contributed by atoms with van der Waals surface area (Å²) in [5, 5.41) is 5.12. The molecule has 0 N–H and O–H groups in total. The summed E-state index contributed by atoms with van der Waals surface area (Å²) in [7, 11) is 0. The van der Waals surface area contributed by atoms with E-state index in [4.69, 9.17) is 14.0 Å². The Hall–Kier alpha value is -5.66. The van der Waals surface area contributed by atoms with Crippen LogP contribution >= 0.6 is 0 Å². The lowest BCUT2D eigenvalue weighted by Crippen LogP contribution is -1.94. The predicted octanol–water partition coefficient (Wildman–Crippen LogP) is 12.7. The molecule has 212 valence electrons. The van der Waals surface area contributed by atoms with Gasteiger partial charge in [-0.2, -0.15) is 0 Å². The molecule has 0 saturated heterocycles. The maximum atomic E-state index is 9.47. The molecule has 0 aliphatic heterocycles. The number of hydrogen-bond acceptors (Lipinski definition) is 1. The summed E-state index contributed by atoms with van der Waals surface area (Å²) >= 11 is 0. The molecule has 0 saturated carbocycles. The van der Waals surface area contributed by atoms with E-state index in [2.05, 4.69) is 18.2 Å². The standard InChI is InChI=1S/C44H30O/c1-27-23-37-38(24-28(27)2)43(35-18-9-8-17-34(35)42(37)29-13-4-3-5-14-29)39-26-31(25-30-15-6-7-16-32(30)39)33-20-12-22-41-44(33)36-19-10-11-21-40(36)45-41/h3-26H,1-2H3/i3D,4D,5D,8D,9D,13D,14D,17D,18D. The molecular weight excluding hydrogens is 544 g/mol. The fourth-order valence-electron chi connectivity index (χ4n) is 6.79. The van der Waals surface area contributed by atoms with Gasteiger partial charge in [0.2, 0.25) is 0 Å². The molecular formula is C44H30O. The first-order valence-electron chi connectivity index (χ1n) is 19.4. The van der Waals surface area contributed by atoms with Crippen LogP contribution in [0.15, 0.2) is 150 Å². The maximum absolute atomic E-state index is 9.47. The first-order valence-corrected chi connectivity index (χ1v) is 14.9. The van der Waals surface area contributed by atoms with Crippen molar-refractivity contribution in [3.05, 3.63) is 157 Å². The highest BCUT2D eigenvalue weighted by molar-refractivity contribution is 6.24. The molecule has 1 heterocycles. The third-order valence-corrected chi connectivity index (χ3v) is 8.95. The van der Waals surface area contributed by atoms with Gasteiger partial charge in [0.1, 0.15) is 11.2 Å². The normalized spacial score (nSPS) is 14.6. The highest BCUT2D eigenvalue weighted by Gasteiger charge is 2.20. The van der Waals surface area contributed by atoms with Crippen LogP contribution in [0.2, 0.25) is 0 Å². The largest absolute Gasteiger partial charge is 0.456 e. The molecule has 0 unspecified atom stereocenters. The van der Waals surface area contributed by atoms with Gasteiger partial charge in [-0.1, -0.05) is 121 Å². The topological polar surface area (TPSA) is 13.1 Å². The van der Waals surface area contributed by atoms with Gasteiger partial charge < -0.3 is 4.42 Å². The van der Waals surface area contributed by atoms with Gasteiger partial charge in [0.15, 0.2) is 0 Å². The van der Waals surface area contributed by atoms with Crippen LogP contribution in [0.25, 0.3) is 87.6 Å². The molecule has 0 fully saturated rings. The van der Waals surface area contributed by atoms with Crippen molar-refractivity contribution >= 4 is 54.3 Å². The van der Waals surface area contributed by atoms with E-state index < -0.39 is 42.3 Å². The van der Waals surface area contributed by atoms with Gasteiger partial charge in [-0.25, -0.2) is 0 Å². The molecule has 0 aliphatic carbocycles. The van der Waals surface area contributed by atoms with Gasteiger partial charge in [-0.3, -0.25) is 0 Å². The highest BCUT2D eigenvalue weighted by atomic mass is 16.3. The molecule has 0 spiro atoms. The zero-order valence-electron chi connectivity index (χ0n) is 33.6. The Morgan fingerprint density at radius 3 is 1.91 bits per heavy atom. The second-order valence-electron chi connectivity index (χ2n) is 11.5. The van der Waals surface area contributed by atoms with E-state index >= 15 is 0 Å². The number of benzene rings is 8. The van der Waals surface area contributed by atoms with Gasteiger partial charge in [0, 0.05) is 10.8 Å².